The van der Waals surface area contributed by atoms with Crippen molar-refractivity contribution in [1.82, 2.24) is 9.13 Å². The molecule has 218 valence electrons. The lowest BCUT2D eigenvalue weighted by Crippen LogP contribution is -1.95. The fourth-order valence-corrected chi connectivity index (χ4v) is 6.82. The Morgan fingerprint density at radius 1 is 0.413 bits per heavy atom. The second kappa shape index (κ2) is 10.4. The van der Waals surface area contributed by atoms with Gasteiger partial charge in [0.1, 0.15) is 0 Å². The summed E-state index contributed by atoms with van der Waals surface area (Å²) in [6, 6.07) is 33.3. The van der Waals surface area contributed by atoms with E-state index in [2.05, 4.69) is 32.0 Å². The summed E-state index contributed by atoms with van der Waals surface area (Å²) in [6.45, 7) is 4.11. The molecule has 0 saturated carbocycles. The second-order valence-corrected chi connectivity index (χ2v) is 11.8. The number of nitrogens with zero attached hydrogens (tertiary/aromatic N) is 2. The Morgan fingerprint density at radius 2 is 0.870 bits per heavy atom. The molecule has 9 rings (SSSR count). The molecule has 0 saturated heterocycles. The zero-order chi connectivity index (χ0) is 37.7. The average molecular weight is 597 g/mol. The molecule has 46 heavy (non-hydrogen) atoms. The quantitative estimate of drug-likeness (QED) is 0.191. The monoisotopic (exact) mass is 596 g/mol. The molecule has 0 unspecified atom stereocenters. The highest BCUT2D eigenvalue weighted by atomic mass is 15.0. The number of benzene rings is 7. The van der Waals surface area contributed by atoms with Gasteiger partial charge < -0.3 is 9.13 Å². The van der Waals surface area contributed by atoms with Gasteiger partial charge in [0.2, 0.25) is 0 Å². The van der Waals surface area contributed by atoms with E-state index in [1.54, 1.807) is 9.13 Å². The molecule has 0 radical (unpaired) electrons. The number of rotatable bonds is 4. The Morgan fingerprint density at radius 3 is 1.37 bits per heavy atom. The molecule has 0 aliphatic heterocycles. The zero-order valence-corrected chi connectivity index (χ0v) is 25.3. The van der Waals surface area contributed by atoms with E-state index in [4.69, 9.17) is 5.48 Å². The van der Waals surface area contributed by atoms with Crippen LogP contribution in [0.15, 0.2) is 158 Å². The fraction of sp³-hybridized carbons (Fsp3) is 0.0455. The number of hydrogen-bond donors (Lipinski definition) is 0. The summed E-state index contributed by atoms with van der Waals surface area (Å²) in [4.78, 5) is 0. The first kappa shape index (κ1) is 19.5. The van der Waals surface area contributed by atoms with E-state index in [-0.39, 0.29) is 70.1 Å². The van der Waals surface area contributed by atoms with Crippen LogP contribution < -0.4 is 0 Å². The molecular weight excluding hydrogens is 556 g/mol. The largest absolute Gasteiger partial charge is 0.309 e. The molecule has 0 atom stereocenters. The third-order valence-corrected chi connectivity index (χ3v) is 8.76. The maximum absolute atomic E-state index is 9.62. The molecule has 0 N–H and O–H groups in total. The van der Waals surface area contributed by atoms with E-state index >= 15 is 0 Å². The average Bonchev–Trinajstić information content (AvgIpc) is 3.71. The van der Waals surface area contributed by atoms with Gasteiger partial charge in [-0.1, -0.05) is 120 Å². The highest BCUT2D eigenvalue weighted by Gasteiger charge is 2.20. The summed E-state index contributed by atoms with van der Waals surface area (Å²) in [5, 5.41) is 1.18. The minimum atomic E-state index is -0.167. The SMILES string of the molecule is [2H]c1cc([2H])c2c(c1[2H])c1c3c4c([2H])c([2H])cc([2H])c4n(-c4ccc(-c5cc(C)cc(C)c5)cc4)c3c([2H])c([2H])c1n2-c1ccc(-c2ccccc2)cc1. The van der Waals surface area contributed by atoms with E-state index in [0.29, 0.717) is 33.2 Å². The summed E-state index contributed by atoms with van der Waals surface area (Å²) >= 11 is 0. The Bertz CT molecular complexity index is 3000. The van der Waals surface area contributed by atoms with Crippen molar-refractivity contribution >= 4 is 43.6 Å². The summed E-state index contributed by atoms with van der Waals surface area (Å²) in [7, 11) is 0. The number of aromatic nitrogens is 2. The van der Waals surface area contributed by atoms with E-state index in [9.17, 15) is 5.48 Å². The van der Waals surface area contributed by atoms with Crippen molar-refractivity contribution in [3.8, 4) is 33.6 Å². The molecule has 2 heteroatoms. The Hall–Kier alpha value is -5.86. The summed E-state index contributed by atoms with van der Waals surface area (Å²) in [5.74, 6) is 0. The van der Waals surface area contributed by atoms with Crippen LogP contribution in [0.4, 0.5) is 0 Å². The van der Waals surface area contributed by atoms with Gasteiger partial charge in [-0.05, 0) is 84.5 Å². The molecule has 0 fully saturated rings. The number of aryl methyl sites for hydroxylation is 2. The minimum absolute atomic E-state index is 0.0200. The van der Waals surface area contributed by atoms with Gasteiger partial charge in [-0.3, -0.25) is 0 Å². The molecule has 0 amide bonds. The normalized spacial score (nSPS) is 14.1. The lowest BCUT2D eigenvalue weighted by molar-refractivity contribution is 1.17. The first-order valence-corrected chi connectivity index (χ1v) is 15.3. The highest BCUT2D eigenvalue weighted by Crippen LogP contribution is 2.42. The molecule has 7 aromatic carbocycles. The standard InChI is InChI=1S/C44H32N2/c1-29-26-30(2)28-34(27-29)33-18-22-36(23-19-33)46-40-15-9-7-13-38(40)44-42(46)25-24-41-43(44)37-12-6-8-14-39(37)45(41)35-20-16-32(17-21-35)31-10-4-3-5-11-31/h3-28H,1-2H3/i6D,7D,12D,13D,14D,15D,24D,25D. The first-order valence-electron chi connectivity index (χ1n) is 19.3. The van der Waals surface area contributed by atoms with Crippen LogP contribution in [0.1, 0.15) is 22.1 Å². The molecule has 0 spiro atoms. The van der Waals surface area contributed by atoms with E-state index in [0.717, 1.165) is 33.4 Å². The van der Waals surface area contributed by atoms with Crippen LogP contribution >= 0.6 is 0 Å². The highest BCUT2D eigenvalue weighted by molar-refractivity contribution is 6.28. The second-order valence-electron chi connectivity index (χ2n) is 11.8. The van der Waals surface area contributed by atoms with E-state index < -0.39 is 0 Å². The van der Waals surface area contributed by atoms with Crippen molar-refractivity contribution in [2.45, 2.75) is 13.8 Å². The molecular formula is C44H32N2. The maximum Gasteiger partial charge on any atom is 0.0646 e. The molecule has 0 aliphatic carbocycles. The van der Waals surface area contributed by atoms with Gasteiger partial charge in [-0.15, -0.1) is 0 Å². The molecule has 0 aliphatic rings. The van der Waals surface area contributed by atoms with Crippen molar-refractivity contribution in [2.75, 3.05) is 0 Å². The van der Waals surface area contributed by atoms with Crippen molar-refractivity contribution in [3.05, 3.63) is 169 Å². The zero-order valence-electron chi connectivity index (χ0n) is 33.3. The predicted octanol–water partition coefficient (Wildman–Crippen LogP) is 11.8. The molecule has 2 heterocycles. The van der Waals surface area contributed by atoms with Crippen molar-refractivity contribution in [2.24, 2.45) is 0 Å². The number of fused-ring (bicyclic) bond motifs is 7. The number of hydrogen-bond acceptors (Lipinski definition) is 0. The van der Waals surface area contributed by atoms with Crippen LogP contribution in [0.2, 0.25) is 0 Å². The van der Waals surface area contributed by atoms with Gasteiger partial charge in [0, 0.05) is 32.9 Å². The van der Waals surface area contributed by atoms with Crippen molar-refractivity contribution in [1.29, 1.82) is 0 Å². The van der Waals surface area contributed by atoms with Gasteiger partial charge >= 0.3 is 0 Å². The fourth-order valence-electron chi connectivity index (χ4n) is 6.82. The van der Waals surface area contributed by atoms with Crippen LogP contribution in [0.3, 0.4) is 0 Å². The topological polar surface area (TPSA) is 9.86 Å². The van der Waals surface area contributed by atoms with Gasteiger partial charge in [0.15, 0.2) is 0 Å². The van der Waals surface area contributed by atoms with Crippen LogP contribution in [0.5, 0.6) is 0 Å². The van der Waals surface area contributed by atoms with Crippen LogP contribution in [-0.2, 0) is 0 Å². The van der Waals surface area contributed by atoms with Crippen LogP contribution in [0, 0.1) is 13.8 Å². The maximum atomic E-state index is 9.62. The van der Waals surface area contributed by atoms with Gasteiger partial charge in [0.05, 0.1) is 33.0 Å². The van der Waals surface area contributed by atoms with E-state index in [1.165, 1.54) is 12.1 Å². The lowest BCUT2D eigenvalue weighted by atomic mass is 10.0. The predicted molar refractivity (Wildman–Crippen MR) is 195 cm³/mol. The molecule has 2 aromatic heterocycles. The Kier molecular flexibility index (Phi) is 4.39. The van der Waals surface area contributed by atoms with Gasteiger partial charge in [-0.25, -0.2) is 0 Å². The van der Waals surface area contributed by atoms with Gasteiger partial charge in [0.25, 0.3) is 0 Å². The minimum Gasteiger partial charge on any atom is -0.309 e. The summed E-state index contributed by atoms with van der Waals surface area (Å²) in [5.41, 5.74) is 8.63. The molecule has 9 aromatic rings. The first-order chi connectivity index (χ1) is 25.9. The van der Waals surface area contributed by atoms with Gasteiger partial charge in [-0.2, -0.15) is 0 Å². The van der Waals surface area contributed by atoms with E-state index in [1.807, 2.05) is 78.9 Å². The van der Waals surface area contributed by atoms with Crippen LogP contribution in [-0.4, -0.2) is 9.13 Å². The van der Waals surface area contributed by atoms with Crippen LogP contribution in [0.25, 0.3) is 77.2 Å². The van der Waals surface area contributed by atoms with Crippen molar-refractivity contribution in [3.63, 3.8) is 0 Å². The van der Waals surface area contributed by atoms with Crippen molar-refractivity contribution < 1.29 is 11.0 Å². The summed E-state index contributed by atoms with van der Waals surface area (Å²) < 4.78 is 76.8. The third kappa shape index (κ3) is 4.11. The lowest BCUT2D eigenvalue weighted by Gasteiger charge is -2.11. The third-order valence-electron chi connectivity index (χ3n) is 8.76. The summed E-state index contributed by atoms with van der Waals surface area (Å²) in [6.07, 6.45) is 0. The molecule has 2 nitrogen and oxygen atoms in total. The smallest absolute Gasteiger partial charge is 0.0646 e. The Balaban J connectivity index is 1.43. The number of para-hydroxylation sites is 2. The Labute approximate surface area is 279 Å². The molecule has 0 bridgehead atoms.